The van der Waals surface area contributed by atoms with Crippen LogP contribution in [0.25, 0.3) is 82.1 Å². The first-order valence-electron chi connectivity index (χ1n) is 18.5. The number of hydrogen-bond donors (Lipinski definition) is 7. The first kappa shape index (κ1) is 37.2. The van der Waals surface area contributed by atoms with E-state index < -0.39 is 54.0 Å². The molecule has 0 amide bonds. The number of benzene rings is 7. The summed E-state index contributed by atoms with van der Waals surface area (Å²) >= 11 is 0. The second-order valence-electron chi connectivity index (χ2n) is 14.2. The van der Waals surface area contributed by atoms with Crippen molar-refractivity contribution in [2.24, 2.45) is 0 Å². The summed E-state index contributed by atoms with van der Waals surface area (Å²) in [6, 6.07) is 42.8. The van der Waals surface area contributed by atoms with E-state index >= 15 is 0 Å². The molecule has 0 unspecified atom stereocenters. The molecule has 0 aliphatic heterocycles. The smallest absolute Gasteiger partial charge is 0.163 e. The minimum absolute atomic E-state index is 0.0128. The Morgan fingerprint density at radius 1 is 0.509 bits per heavy atom. The molecule has 0 aliphatic carbocycles. The van der Waals surface area contributed by atoms with Gasteiger partial charge in [0.1, 0.15) is 42.9 Å². The maximum Gasteiger partial charge on any atom is 0.163 e. The van der Waals surface area contributed by atoms with E-state index in [1.54, 1.807) is 6.92 Å². The Labute approximate surface area is 328 Å². The molecule has 0 radical (unpaired) electrons. The molecular weight excluding hydrogens is 715 g/mol. The summed E-state index contributed by atoms with van der Waals surface area (Å²) in [4.78, 5) is 0. The minimum atomic E-state index is -0.942. The molecule has 1 aromatic heterocycles. The number of rotatable bonds is 9. The molecule has 282 valence electrons. The molecule has 0 aliphatic rings. The molecular formula is C48H39BO8. The highest BCUT2D eigenvalue weighted by Gasteiger charge is 2.26. The molecule has 57 heavy (non-hydrogen) atoms. The Kier molecular flexibility index (Phi) is 9.81. The summed E-state index contributed by atoms with van der Waals surface area (Å²) in [6.45, 7) is -0.823. The van der Waals surface area contributed by atoms with Gasteiger partial charge in [0.05, 0.1) is 18.8 Å². The second-order valence-corrected chi connectivity index (χ2v) is 14.2. The minimum Gasteiger partial charge on any atom is -0.509 e. The molecule has 8 rings (SSSR count). The van der Waals surface area contributed by atoms with E-state index in [-0.39, 0.29) is 11.0 Å². The largest absolute Gasteiger partial charge is 0.509 e. The van der Waals surface area contributed by atoms with E-state index in [1.165, 1.54) is 7.85 Å². The summed E-state index contributed by atoms with van der Waals surface area (Å²) in [5, 5.41) is 81.8. The lowest BCUT2D eigenvalue weighted by atomic mass is 9.84. The van der Waals surface area contributed by atoms with Crippen molar-refractivity contribution in [3.63, 3.8) is 0 Å². The summed E-state index contributed by atoms with van der Waals surface area (Å²) in [6.07, 6.45) is 0. The standard InChI is InChI=1S/C48H39BO8/c1-26(46(54)45(40(53)25-52)38(23-50)47(55)48(56)39(49)24-51)43-32-11-5-7-13-34(32)44(35-14-8-6-12-33(35)43)30-17-18-41-36(20-30)37-21-31-19-28(27-9-3-2-4-10-27)15-16-29(31)22-42(37)57-41/h2-22,50-56H,23-25,49H2,1H3/b45-40+,46-26-,47-38-,48-39-. The normalized spacial score (nSPS) is 13.9. The van der Waals surface area contributed by atoms with Crippen LogP contribution >= 0.6 is 0 Å². The number of aliphatic hydroxyl groups excluding tert-OH is 7. The van der Waals surface area contributed by atoms with E-state index in [0.29, 0.717) is 5.56 Å². The van der Waals surface area contributed by atoms with Crippen LogP contribution in [-0.2, 0) is 0 Å². The SMILES string of the molecule is B/C(CO)=C(O)/C(O)=C(CO)/C(C(/O)=C(\C)c1c2ccccc2c(-c2ccc3oc4cc5ccc(-c6ccccc6)cc5cc4c3c2)c2ccccc12)=C(\O)CO. The Hall–Kier alpha value is -6.78. The summed E-state index contributed by atoms with van der Waals surface area (Å²) in [5.74, 6) is -2.88. The van der Waals surface area contributed by atoms with Crippen molar-refractivity contribution >= 4 is 67.7 Å². The lowest BCUT2D eigenvalue weighted by Gasteiger charge is -2.20. The van der Waals surface area contributed by atoms with E-state index in [9.17, 15) is 35.7 Å². The van der Waals surface area contributed by atoms with Gasteiger partial charge in [0, 0.05) is 21.9 Å². The van der Waals surface area contributed by atoms with Crippen molar-refractivity contribution in [3.8, 4) is 22.3 Å². The molecule has 0 fully saturated rings. The summed E-state index contributed by atoms with van der Waals surface area (Å²) < 4.78 is 6.40. The van der Waals surface area contributed by atoms with Crippen LogP contribution in [0.2, 0.25) is 0 Å². The molecule has 7 aromatic carbocycles. The fourth-order valence-electron chi connectivity index (χ4n) is 7.86. The van der Waals surface area contributed by atoms with Gasteiger partial charge in [-0.3, -0.25) is 0 Å². The topological polar surface area (TPSA) is 155 Å². The average molecular weight is 755 g/mol. The van der Waals surface area contributed by atoms with Crippen LogP contribution < -0.4 is 0 Å². The van der Waals surface area contributed by atoms with Crippen molar-refractivity contribution in [1.29, 1.82) is 0 Å². The zero-order valence-electron chi connectivity index (χ0n) is 31.3. The molecule has 0 saturated carbocycles. The van der Waals surface area contributed by atoms with Gasteiger partial charge in [-0.15, -0.1) is 0 Å². The number of fused-ring (bicyclic) bond motifs is 6. The van der Waals surface area contributed by atoms with E-state index in [4.69, 9.17) is 4.42 Å². The fraction of sp³-hybridized carbons (Fsp3) is 0.0833. The second kappa shape index (κ2) is 15.0. The van der Waals surface area contributed by atoms with Gasteiger partial charge in [-0.05, 0) is 103 Å². The quantitative estimate of drug-likeness (QED) is 0.0333. The van der Waals surface area contributed by atoms with Crippen molar-refractivity contribution in [1.82, 2.24) is 0 Å². The predicted octanol–water partition coefficient (Wildman–Crippen LogP) is 9.67. The third-order valence-electron chi connectivity index (χ3n) is 10.8. The van der Waals surface area contributed by atoms with Crippen LogP contribution in [-0.4, -0.2) is 63.4 Å². The number of hydrogen-bond acceptors (Lipinski definition) is 8. The van der Waals surface area contributed by atoms with Crippen LogP contribution in [0.3, 0.4) is 0 Å². The maximum atomic E-state index is 12.0. The summed E-state index contributed by atoms with van der Waals surface area (Å²) in [7, 11) is 1.37. The highest BCUT2D eigenvalue weighted by Crippen LogP contribution is 2.45. The van der Waals surface area contributed by atoms with E-state index in [2.05, 4.69) is 48.5 Å². The van der Waals surface area contributed by atoms with Gasteiger partial charge in [-0.2, -0.15) is 0 Å². The Balaban J connectivity index is 1.35. The number of aliphatic hydroxyl groups is 7. The molecule has 9 heteroatoms. The van der Waals surface area contributed by atoms with Crippen LogP contribution in [0.4, 0.5) is 0 Å². The molecule has 0 spiro atoms. The molecule has 0 saturated heterocycles. The average Bonchev–Trinajstić information content (AvgIpc) is 3.61. The van der Waals surface area contributed by atoms with Gasteiger partial charge in [-0.1, -0.05) is 97.1 Å². The van der Waals surface area contributed by atoms with E-state index in [1.807, 2.05) is 78.9 Å². The van der Waals surface area contributed by atoms with Crippen LogP contribution in [0.5, 0.6) is 0 Å². The van der Waals surface area contributed by atoms with Crippen molar-refractivity contribution < 1.29 is 40.2 Å². The van der Waals surface area contributed by atoms with Crippen LogP contribution in [0, 0.1) is 0 Å². The number of allylic oxidation sites excluding steroid dienone is 2. The highest BCUT2D eigenvalue weighted by molar-refractivity contribution is 6.22. The summed E-state index contributed by atoms with van der Waals surface area (Å²) in [5.41, 5.74) is 5.70. The van der Waals surface area contributed by atoms with E-state index in [0.717, 1.165) is 76.5 Å². The van der Waals surface area contributed by atoms with Crippen molar-refractivity contribution in [3.05, 3.63) is 173 Å². The van der Waals surface area contributed by atoms with Gasteiger partial charge >= 0.3 is 0 Å². The Morgan fingerprint density at radius 3 is 1.75 bits per heavy atom. The first-order chi connectivity index (χ1) is 27.6. The Bertz CT molecular complexity index is 2970. The lowest BCUT2D eigenvalue weighted by Crippen LogP contribution is -2.12. The van der Waals surface area contributed by atoms with Gasteiger partial charge in [0.2, 0.25) is 0 Å². The van der Waals surface area contributed by atoms with Crippen LogP contribution in [0.1, 0.15) is 12.5 Å². The molecule has 0 bridgehead atoms. The molecule has 0 atom stereocenters. The zero-order valence-corrected chi connectivity index (χ0v) is 31.3. The first-order valence-corrected chi connectivity index (χ1v) is 18.5. The lowest BCUT2D eigenvalue weighted by molar-refractivity contribution is 0.243. The monoisotopic (exact) mass is 754 g/mol. The third kappa shape index (κ3) is 6.38. The zero-order chi connectivity index (χ0) is 40.0. The van der Waals surface area contributed by atoms with Gasteiger partial charge < -0.3 is 40.2 Å². The van der Waals surface area contributed by atoms with Crippen LogP contribution in [0.15, 0.2) is 171 Å². The van der Waals surface area contributed by atoms with Gasteiger partial charge in [0.15, 0.2) is 5.76 Å². The fourth-order valence-corrected chi connectivity index (χ4v) is 7.86. The van der Waals surface area contributed by atoms with Gasteiger partial charge in [-0.25, -0.2) is 0 Å². The van der Waals surface area contributed by atoms with Crippen molar-refractivity contribution in [2.75, 3.05) is 19.8 Å². The Morgan fingerprint density at radius 2 is 1.12 bits per heavy atom. The predicted molar refractivity (Wildman–Crippen MR) is 231 cm³/mol. The highest BCUT2D eigenvalue weighted by atomic mass is 16.3. The molecule has 8 nitrogen and oxygen atoms in total. The maximum absolute atomic E-state index is 12.0. The van der Waals surface area contributed by atoms with Gasteiger partial charge in [0.25, 0.3) is 0 Å². The third-order valence-corrected chi connectivity index (χ3v) is 10.8. The van der Waals surface area contributed by atoms with Crippen molar-refractivity contribution in [2.45, 2.75) is 6.92 Å². The molecule has 7 N–H and O–H groups in total. The number of furan rings is 1. The molecule has 1 heterocycles. The molecule has 8 aromatic rings.